The number of hydrogen-bond acceptors (Lipinski definition) is 7. The molecule has 0 spiro atoms. The van der Waals surface area contributed by atoms with Gasteiger partial charge in [-0.15, -0.1) is 10.2 Å². The van der Waals surface area contributed by atoms with Crippen LogP contribution in [0.3, 0.4) is 0 Å². The van der Waals surface area contributed by atoms with E-state index in [0.717, 1.165) is 0 Å². The van der Waals surface area contributed by atoms with Crippen LogP contribution in [0.2, 0.25) is 0 Å². The highest BCUT2D eigenvalue weighted by atomic mass is 19.3. The molecule has 0 aliphatic carbocycles. The van der Waals surface area contributed by atoms with E-state index in [4.69, 9.17) is 4.42 Å². The zero-order valence-electron chi connectivity index (χ0n) is 9.63. The minimum absolute atomic E-state index is 0.0401. The van der Waals surface area contributed by atoms with Crippen molar-refractivity contribution in [3.8, 4) is 11.5 Å². The van der Waals surface area contributed by atoms with Gasteiger partial charge in [-0.05, 0) is 0 Å². The first kappa shape index (κ1) is 12.3. The third-order valence-electron chi connectivity index (χ3n) is 1.85. The van der Waals surface area contributed by atoms with Crippen molar-refractivity contribution in [1.29, 1.82) is 0 Å². The first-order chi connectivity index (χ1) is 8.56. The van der Waals surface area contributed by atoms with Crippen LogP contribution in [0.5, 0.6) is 0 Å². The molecule has 0 fully saturated rings. The molecule has 0 bridgehead atoms. The van der Waals surface area contributed by atoms with Crippen molar-refractivity contribution in [3.63, 3.8) is 0 Å². The van der Waals surface area contributed by atoms with Gasteiger partial charge in [-0.1, -0.05) is 0 Å². The molecule has 2 rings (SSSR count). The van der Waals surface area contributed by atoms with Crippen LogP contribution in [0.15, 0.2) is 16.8 Å². The molecule has 0 saturated heterocycles. The van der Waals surface area contributed by atoms with Gasteiger partial charge in [-0.2, -0.15) is 8.78 Å². The van der Waals surface area contributed by atoms with Crippen LogP contribution in [0.4, 0.5) is 14.7 Å². The number of nitrogens with zero attached hydrogens (tertiary/aromatic N) is 5. The second kappa shape index (κ2) is 5.00. The number of rotatable bonds is 4. The van der Waals surface area contributed by atoms with E-state index in [2.05, 4.69) is 25.6 Å². The molecule has 0 unspecified atom stereocenters. The highest BCUT2D eigenvalue weighted by Gasteiger charge is 2.17. The summed E-state index contributed by atoms with van der Waals surface area (Å²) in [5.74, 6) is -0.389. The Labute approximate surface area is 101 Å². The normalized spacial score (nSPS) is 11.2. The first-order valence-electron chi connectivity index (χ1n) is 4.94. The van der Waals surface area contributed by atoms with Gasteiger partial charge in [-0.25, -0.2) is 15.0 Å². The molecule has 0 aromatic carbocycles. The van der Waals surface area contributed by atoms with Crippen LogP contribution < -0.4 is 5.43 Å². The monoisotopic (exact) mass is 256 g/mol. The maximum absolute atomic E-state index is 12.3. The Hall–Kier alpha value is -2.16. The Morgan fingerprint density at radius 1 is 1.22 bits per heavy atom. The molecule has 2 aromatic rings. The molecule has 1 N–H and O–H groups in total. The van der Waals surface area contributed by atoms with Crippen LogP contribution in [-0.4, -0.2) is 39.3 Å². The third-order valence-corrected chi connectivity index (χ3v) is 1.85. The number of alkyl halides is 2. The van der Waals surface area contributed by atoms with Crippen molar-refractivity contribution >= 4 is 5.95 Å². The second-order valence-corrected chi connectivity index (χ2v) is 3.55. The van der Waals surface area contributed by atoms with E-state index in [1.807, 2.05) is 0 Å². The highest BCUT2D eigenvalue weighted by Crippen LogP contribution is 2.22. The van der Waals surface area contributed by atoms with Crippen molar-refractivity contribution in [1.82, 2.24) is 25.2 Å². The highest BCUT2D eigenvalue weighted by molar-refractivity contribution is 5.50. The van der Waals surface area contributed by atoms with Gasteiger partial charge >= 0.3 is 6.43 Å². The molecular weight excluding hydrogens is 246 g/mol. The number of aromatic nitrogens is 4. The topological polar surface area (TPSA) is 80.0 Å². The lowest BCUT2D eigenvalue weighted by molar-refractivity contribution is 0.116. The number of anilines is 1. The Balaban J connectivity index is 2.17. The average molecular weight is 256 g/mol. The van der Waals surface area contributed by atoms with E-state index in [1.54, 1.807) is 19.1 Å². The summed E-state index contributed by atoms with van der Waals surface area (Å²) in [5.41, 5.74) is 3.21. The molecule has 96 valence electrons. The largest absolute Gasteiger partial charge is 0.415 e. The molecule has 0 radical (unpaired) electrons. The number of halogens is 2. The number of hydrogen-bond donors (Lipinski definition) is 1. The SMILES string of the molecule is CN(C)Nc1ncc(-c2nnc(C(F)F)o2)cn1. The van der Waals surface area contributed by atoms with E-state index < -0.39 is 12.3 Å². The minimum atomic E-state index is -2.79. The Morgan fingerprint density at radius 3 is 2.39 bits per heavy atom. The fourth-order valence-corrected chi connectivity index (χ4v) is 1.14. The van der Waals surface area contributed by atoms with Gasteiger partial charge in [0.15, 0.2) is 0 Å². The molecule has 0 aliphatic heterocycles. The molecule has 0 aliphatic rings. The molecule has 9 heteroatoms. The fraction of sp³-hybridized carbons (Fsp3) is 0.333. The first-order valence-corrected chi connectivity index (χ1v) is 4.94. The van der Waals surface area contributed by atoms with E-state index in [9.17, 15) is 8.78 Å². The summed E-state index contributed by atoms with van der Waals surface area (Å²) in [6.45, 7) is 0. The minimum Gasteiger partial charge on any atom is -0.415 e. The lowest BCUT2D eigenvalue weighted by atomic mass is 10.3. The maximum atomic E-state index is 12.3. The van der Waals surface area contributed by atoms with Crippen molar-refractivity contribution < 1.29 is 13.2 Å². The van der Waals surface area contributed by atoms with Crippen molar-refractivity contribution in [3.05, 3.63) is 18.3 Å². The van der Waals surface area contributed by atoms with E-state index in [-0.39, 0.29) is 5.89 Å². The van der Waals surface area contributed by atoms with Crippen LogP contribution in [0.25, 0.3) is 11.5 Å². The van der Waals surface area contributed by atoms with Gasteiger partial charge in [-0.3, -0.25) is 5.43 Å². The molecule has 18 heavy (non-hydrogen) atoms. The average Bonchev–Trinajstić information content (AvgIpc) is 2.78. The third kappa shape index (κ3) is 2.74. The van der Waals surface area contributed by atoms with Gasteiger partial charge in [0.1, 0.15) is 0 Å². The number of nitrogens with one attached hydrogen (secondary N) is 1. The van der Waals surface area contributed by atoms with Gasteiger partial charge in [0.2, 0.25) is 5.95 Å². The van der Waals surface area contributed by atoms with Crippen molar-refractivity contribution in [2.24, 2.45) is 0 Å². The molecule has 7 nitrogen and oxygen atoms in total. The van der Waals surface area contributed by atoms with E-state index in [1.165, 1.54) is 12.4 Å². The maximum Gasteiger partial charge on any atom is 0.314 e. The molecule has 2 heterocycles. The zero-order valence-corrected chi connectivity index (χ0v) is 9.63. The lowest BCUT2D eigenvalue weighted by Crippen LogP contribution is -2.21. The van der Waals surface area contributed by atoms with Gasteiger partial charge in [0.05, 0.1) is 5.56 Å². The molecule has 0 saturated carbocycles. The zero-order chi connectivity index (χ0) is 13.1. The van der Waals surface area contributed by atoms with Crippen molar-refractivity contribution in [2.45, 2.75) is 6.43 Å². The summed E-state index contributed by atoms with van der Waals surface area (Å²) in [4.78, 5) is 7.94. The van der Waals surface area contributed by atoms with Crippen LogP contribution >= 0.6 is 0 Å². The van der Waals surface area contributed by atoms with Gasteiger partial charge in [0, 0.05) is 26.5 Å². The summed E-state index contributed by atoms with van der Waals surface area (Å²) in [6, 6.07) is 0. The summed E-state index contributed by atoms with van der Waals surface area (Å²) < 4.78 is 29.3. The second-order valence-electron chi connectivity index (χ2n) is 3.55. The summed E-state index contributed by atoms with van der Waals surface area (Å²) in [5, 5.41) is 8.37. The van der Waals surface area contributed by atoms with Crippen molar-refractivity contribution in [2.75, 3.05) is 19.5 Å². The van der Waals surface area contributed by atoms with Crippen LogP contribution in [0, 0.1) is 0 Å². The van der Waals surface area contributed by atoms with Crippen LogP contribution in [-0.2, 0) is 0 Å². The molecular formula is C9H10F2N6O. The van der Waals surface area contributed by atoms with Gasteiger partial charge < -0.3 is 4.42 Å². The number of hydrazine groups is 1. The Morgan fingerprint density at radius 2 is 1.89 bits per heavy atom. The van der Waals surface area contributed by atoms with E-state index in [0.29, 0.717) is 11.5 Å². The molecule has 2 aromatic heterocycles. The van der Waals surface area contributed by atoms with E-state index >= 15 is 0 Å². The predicted octanol–water partition coefficient (Wildman–Crippen LogP) is 1.35. The standard InChI is InChI=1S/C9H10F2N6O/c1-17(2)16-9-12-3-5(4-13-9)7-14-15-8(18-7)6(10)11/h3-4,6H,1-2H3,(H,12,13,16). The van der Waals surface area contributed by atoms with Crippen LogP contribution in [0.1, 0.15) is 12.3 Å². The summed E-state index contributed by atoms with van der Waals surface area (Å²) in [6.07, 6.45) is 0.0188. The fourth-order valence-electron chi connectivity index (χ4n) is 1.14. The summed E-state index contributed by atoms with van der Waals surface area (Å²) >= 11 is 0. The smallest absolute Gasteiger partial charge is 0.314 e. The predicted molar refractivity (Wildman–Crippen MR) is 57.6 cm³/mol. The summed E-state index contributed by atoms with van der Waals surface area (Å²) in [7, 11) is 3.56. The van der Waals surface area contributed by atoms with Gasteiger partial charge in [0.25, 0.3) is 11.8 Å². The Bertz CT molecular complexity index is 512. The quantitative estimate of drug-likeness (QED) is 0.827. The molecule has 0 atom stereocenters. The lowest BCUT2D eigenvalue weighted by Gasteiger charge is -2.10. The Kier molecular flexibility index (Phi) is 3.42. The molecule has 0 amide bonds.